The van der Waals surface area contributed by atoms with Crippen molar-refractivity contribution in [3.63, 3.8) is 0 Å². The van der Waals surface area contributed by atoms with Gasteiger partial charge in [-0.1, -0.05) is 65.5 Å². The molecule has 0 bridgehead atoms. The van der Waals surface area contributed by atoms with Gasteiger partial charge in [0.25, 0.3) is 0 Å². The van der Waals surface area contributed by atoms with Gasteiger partial charge in [-0.05, 0) is 97.7 Å². The fourth-order valence-corrected chi connectivity index (χ4v) is 8.67. The Hall–Kier alpha value is -0.300. The summed E-state index contributed by atoms with van der Waals surface area (Å²) in [7, 11) is 0. The first-order valence-electron chi connectivity index (χ1n) is 12.6. The highest BCUT2D eigenvalue weighted by Gasteiger charge is 2.59. The lowest BCUT2D eigenvalue weighted by Gasteiger charge is -2.58. The van der Waals surface area contributed by atoms with Crippen LogP contribution < -0.4 is 0 Å². The number of rotatable bonds is 5. The van der Waals surface area contributed by atoms with E-state index in [-0.39, 0.29) is 6.10 Å². The normalized spacial score (nSPS) is 46.5. The first kappa shape index (κ1) is 21.0. The first-order chi connectivity index (χ1) is 13.3. The van der Waals surface area contributed by atoms with Gasteiger partial charge in [-0.15, -0.1) is 0 Å². The molecule has 4 aliphatic carbocycles. The molecule has 8 atom stereocenters. The van der Waals surface area contributed by atoms with Crippen LogP contribution in [0.4, 0.5) is 0 Å². The van der Waals surface area contributed by atoms with E-state index in [0.717, 1.165) is 48.3 Å². The van der Waals surface area contributed by atoms with Crippen LogP contribution in [0.1, 0.15) is 105 Å². The molecule has 1 nitrogen and oxygen atoms in total. The summed E-state index contributed by atoms with van der Waals surface area (Å²) in [5.74, 6) is 5.46. The molecule has 0 saturated heterocycles. The highest BCUT2D eigenvalue weighted by molar-refractivity contribution is 5.25. The third-order valence-electron chi connectivity index (χ3n) is 10.3. The van der Waals surface area contributed by atoms with Gasteiger partial charge in [0.05, 0.1) is 6.10 Å². The molecule has 1 unspecified atom stereocenters. The summed E-state index contributed by atoms with van der Waals surface area (Å²) in [6, 6.07) is 0. The third kappa shape index (κ3) is 3.42. The Morgan fingerprint density at radius 3 is 2.54 bits per heavy atom. The molecule has 0 spiro atoms. The summed E-state index contributed by atoms with van der Waals surface area (Å²) in [4.78, 5) is 0. The minimum Gasteiger partial charge on any atom is -0.393 e. The minimum absolute atomic E-state index is 0.0766. The van der Waals surface area contributed by atoms with Gasteiger partial charge in [-0.2, -0.15) is 0 Å². The van der Waals surface area contributed by atoms with Crippen molar-refractivity contribution >= 4 is 0 Å². The summed E-state index contributed by atoms with van der Waals surface area (Å²) in [6.45, 7) is 12.6. The largest absolute Gasteiger partial charge is 0.393 e. The van der Waals surface area contributed by atoms with Crippen LogP contribution in [-0.4, -0.2) is 11.2 Å². The molecule has 0 aliphatic heterocycles. The Morgan fingerprint density at radius 1 is 1.00 bits per heavy atom. The molecule has 1 heteroatoms. The van der Waals surface area contributed by atoms with Crippen molar-refractivity contribution < 1.29 is 5.11 Å². The van der Waals surface area contributed by atoms with E-state index in [1.807, 2.05) is 0 Å². The van der Waals surface area contributed by atoms with Crippen LogP contribution in [0.3, 0.4) is 0 Å². The fourth-order valence-electron chi connectivity index (χ4n) is 8.67. The molecule has 3 saturated carbocycles. The van der Waals surface area contributed by atoms with Crippen LogP contribution in [0.25, 0.3) is 0 Å². The van der Waals surface area contributed by atoms with Gasteiger partial charge in [0.15, 0.2) is 0 Å². The van der Waals surface area contributed by atoms with E-state index in [0.29, 0.717) is 10.8 Å². The highest BCUT2D eigenvalue weighted by Crippen LogP contribution is 2.67. The van der Waals surface area contributed by atoms with Gasteiger partial charge in [0, 0.05) is 0 Å². The molecule has 28 heavy (non-hydrogen) atoms. The summed E-state index contributed by atoms with van der Waals surface area (Å²) in [6.07, 6.45) is 17.2. The average Bonchev–Trinajstić information content (AvgIpc) is 2.99. The summed E-state index contributed by atoms with van der Waals surface area (Å²) in [5, 5.41) is 10.2. The van der Waals surface area contributed by atoms with Crippen LogP contribution in [0.2, 0.25) is 0 Å². The minimum atomic E-state index is -0.0766. The average molecular weight is 387 g/mol. The predicted molar refractivity (Wildman–Crippen MR) is 119 cm³/mol. The maximum Gasteiger partial charge on any atom is 0.0577 e. The molecule has 0 radical (unpaired) electrons. The predicted octanol–water partition coefficient (Wildman–Crippen LogP) is 7.39. The molecule has 4 rings (SSSR count). The van der Waals surface area contributed by atoms with Crippen molar-refractivity contribution in [2.24, 2.45) is 46.3 Å². The van der Waals surface area contributed by atoms with Crippen LogP contribution in [-0.2, 0) is 0 Å². The fraction of sp³-hybridized carbons (Fsp3) is 0.926. The number of aliphatic hydroxyl groups is 1. The molecule has 160 valence electrons. The summed E-state index contributed by atoms with van der Waals surface area (Å²) >= 11 is 0. The Labute approximate surface area is 174 Å². The van der Waals surface area contributed by atoms with E-state index in [4.69, 9.17) is 0 Å². The van der Waals surface area contributed by atoms with Crippen molar-refractivity contribution in [3.8, 4) is 0 Å². The molecule has 4 aliphatic rings. The lowest BCUT2D eigenvalue weighted by Crippen LogP contribution is -2.50. The highest BCUT2D eigenvalue weighted by atomic mass is 16.3. The molecule has 0 aromatic rings. The topological polar surface area (TPSA) is 20.2 Å². The van der Waals surface area contributed by atoms with Crippen LogP contribution in [0.5, 0.6) is 0 Å². The molecule has 0 amide bonds. The van der Waals surface area contributed by atoms with Gasteiger partial charge < -0.3 is 5.11 Å². The second-order valence-corrected chi connectivity index (χ2v) is 12.2. The van der Waals surface area contributed by atoms with E-state index in [9.17, 15) is 5.11 Å². The molecule has 0 heterocycles. The second-order valence-electron chi connectivity index (χ2n) is 12.2. The lowest BCUT2D eigenvalue weighted by atomic mass is 9.47. The first-order valence-corrected chi connectivity index (χ1v) is 12.6. The maximum atomic E-state index is 10.2. The number of allylic oxidation sites excluding steroid dienone is 1. The Balaban J connectivity index is 1.49. The summed E-state index contributed by atoms with van der Waals surface area (Å²) in [5.41, 5.74) is 2.60. The standard InChI is InChI=1S/C27H46O/c1-18(2)7-6-8-19(3)23-11-12-24-22-10-9-20-17-21(28)13-15-26(20,4)25(22)14-16-27(23,24)5/h9,18-19,21-25,28H,6-8,10-17H2,1-5H3/t19-,21-,22-,23?,24+,25+,26-,27+/m0/s1. The van der Waals surface area contributed by atoms with Crippen LogP contribution in [0, 0.1) is 46.3 Å². The van der Waals surface area contributed by atoms with E-state index in [1.54, 1.807) is 5.57 Å². The van der Waals surface area contributed by atoms with Gasteiger partial charge in [0.1, 0.15) is 0 Å². The SMILES string of the molecule is CC(C)CCC[C@H](C)C1CC[C@@H]2[C@@H]3CC=C4C[C@@H](O)CC[C@]4(C)[C@@H]3CC[C@]12C. The van der Waals surface area contributed by atoms with Crippen molar-refractivity contribution in [2.45, 2.75) is 111 Å². The van der Waals surface area contributed by atoms with E-state index >= 15 is 0 Å². The van der Waals surface area contributed by atoms with Crippen molar-refractivity contribution in [1.82, 2.24) is 0 Å². The second kappa shape index (κ2) is 7.75. The Bertz CT molecular complexity index is 591. The van der Waals surface area contributed by atoms with Gasteiger partial charge >= 0.3 is 0 Å². The Morgan fingerprint density at radius 2 is 1.79 bits per heavy atom. The smallest absolute Gasteiger partial charge is 0.0577 e. The molecule has 0 aromatic carbocycles. The number of hydrogen-bond acceptors (Lipinski definition) is 1. The van der Waals surface area contributed by atoms with Crippen molar-refractivity contribution in [3.05, 3.63) is 11.6 Å². The van der Waals surface area contributed by atoms with Crippen molar-refractivity contribution in [1.29, 1.82) is 0 Å². The zero-order chi connectivity index (χ0) is 20.1. The quantitative estimate of drug-likeness (QED) is 0.488. The van der Waals surface area contributed by atoms with E-state index in [1.165, 1.54) is 57.8 Å². The monoisotopic (exact) mass is 386 g/mol. The van der Waals surface area contributed by atoms with E-state index in [2.05, 4.69) is 40.7 Å². The third-order valence-corrected chi connectivity index (χ3v) is 10.3. The number of aliphatic hydroxyl groups excluding tert-OH is 1. The van der Waals surface area contributed by atoms with Gasteiger partial charge in [0.2, 0.25) is 0 Å². The number of fused-ring (bicyclic) bond motifs is 5. The van der Waals surface area contributed by atoms with Crippen molar-refractivity contribution in [2.75, 3.05) is 0 Å². The molecular formula is C27H46O. The van der Waals surface area contributed by atoms with Gasteiger partial charge in [-0.25, -0.2) is 0 Å². The van der Waals surface area contributed by atoms with Crippen LogP contribution >= 0.6 is 0 Å². The molecule has 0 aromatic heterocycles. The Kier molecular flexibility index (Phi) is 5.80. The molecule has 3 fully saturated rings. The zero-order valence-corrected chi connectivity index (χ0v) is 19.3. The maximum absolute atomic E-state index is 10.2. The number of hydrogen-bond donors (Lipinski definition) is 1. The molecule has 1 N–H and O–H groups in total. The van der Waals surface area contributed by atoms with Crippen LogP contribution in [0.15, 0.2) is 11.6 Å². The molecular weight excluding hydrogens is 340 g/mol. The van der Waals surface area contributed by atoms with Gasteiger partial charge in [-0.3, -0.25) is 0 Å². The van der Waals surface area contributed by atoms with E-state index < -0.39 is 0 Å². The lowest BCUT2D eigenvalue weighted by molar-refractivity contribution is -0.0573. The zero-order valence-electron chi connectivity index (χ0n) is 19.3. The summed E-state index contributed by atoms with van der Waals surface area (Å²) < 4.78 is 0.